The molecule has 3 aliphatic rings. The molecule has 1 aromatic heterocycles. The predicted octanol–water partition coefficient (Wildman–Crippen LogP) is 0.0479. The number of likely N-dealkylation sites (tertiary alicyclic amines) is 1. The average Bonchev–Trinajstić information content (AvgIpc) is 3.18. The maximum absolute atomic E-state index is 12.5. The lowest BCUT2D eigenvalue weighted by molar-refractivity contribution is -0.133. The number of aromatic nitrogens is 2. The van der Waals surface area contributed by atoms with Gasteiger partial charge in [0.25, 0.3) is 0 Å². The molecule has 3 heterocycles. The Kier molecular flexibility index (Phi) is 5.00. The molecule has 1 aliphatic carbocycles. The van der Waals surface area contributed by atoms with Crippen molar-refractivity contribution in [2.75, 3.05) is 45.8 Å². The van der Waals surface area contributed by atoms with E-state index < -0.39 is 6.10 Å². The molecule has 2 saturated heterocycles. The summed E-state index contributed by atoms with van der Waals surface area (Å²) in [6, 6.07) is 0. The van der Waals surface area contributed by atoms with E-state index in [0.717, 1.165) is 31.8 Å². The molecule has 4 rings (SSSR count). The zero-order valence-corrected chi connectivity index (χ0v) is 14.6. The smallest absolute Gasteiger partial charge is 0.236 e. The third kappa shape index (κ3) is 4.37. The molecule has 25 heavy (non-hydrogen) atoms. The van der Waals surface area contributed by atoms with Crippen LogP contribution in [0.5, 0.6) is 0 Å². The summed E-state index contributed by atoms with van der Waals surface area (Å²) in [6.07, 6.45) is 4.08. The second-order valence-electron chi connectivity index (χ2n) is 7.52. The summed E-state index contributed by atoms with van der Waals surface area (Å²) in [4.78, 5) is 18.6. The van der Waals surface area contributed by atoms with Crippen molar-refractivity contribution in [3.8, 4) is 0 Å². The lowest BCUT2D eigenvalue weighted by Gasteiger charge is -2.24. The number of nitrogens with zero attached hydrogens (tertiary/aromatic N) is 5. The Morgan fingerprint density at radius 2 is 1.88 bits per heavy atom. The van der Waals surface area contributed by atoms with Gasteiger partial charge in [0, 0.05) is 32.1 Å². The van der Waals surface area contributed by atoms with Crippen molar-refractivity contribution in [3.05, 3.63) is 11.8 Å². The van der Waals surface area contributed by atoms with Crippen LogP contribution in [0, 0.1) is 0 Å². The van der Waals surface area contributed by atoms with E-state index in [-0.39, 0.29) is 5.91 Å². The molecule has 1 aromatic rings. The summed E-state index contributed by atoms with van der Waals surface area (Å²) in [7, 11) is 0. The zero-order chi connectivity index (χ0) is 17.2. The van der Waals surface area contributed by atoms with Crippen molar-refractivity contribution < 1.29 is 14.3 Å². The summed E-state index contributed by atoms with van der Waals surface area (Å²) >= 11 is 0. The van der Waals surface area contributed by atoms with Gasteiger partial charge in [0.15, 0.2) is 0 Å². The van der Waals surface area contributed by atoms with Gasteiger partial charge in [-0.15, -0.1) is 10.2 Å². The van der Waals surface area contributed by atoms with E-state index in [1.165, 1.54) is 12.8 Å². The first-order valence-corrected chi connectivity index (χ1v) is 9.40. The second-order valence-corrected chi connectivity index (χ2v) is 7.52. The molecular formula is C17H27N5O3. The van der Waals surface area contributed by atoms with E-state index in [2.05, 4.69) is 20.0 Å². The van der Waals surface area contributed by atoms with E-state index in [0.29, 0.717) is 51.1 Å². The lowest BCUT2D eigenvalue weighted by atomic mass is 10.3. The number of aliphatic hydroxyl groups is 1. The molecule has 8 nitrogen and oxygen atoms in total. The van der Waals surface area contributed by atoms with E-state index in [4.69, 9.17) is 4.42 Å². The van der Waals surface area contributed by atoms with Crippen molar-refractivity contribution in [2.45, 2.75) is 44.2 Å². The van der Waals surface area contributed by atoms with Crippen molar-refractivity contribution in [3.63, 3.8) is 0 Å². The van der Waals surface area contributed by atoms with Crippen molar-refractivity contribution in [1.29, 1.82) is 0 Å². The van der Waals surface area contributed by atoms with E-state index >= 15 is 0 Å². The minimum absolute atomic E-state index is 0.122. The third-order valence-corrected chi connectivity index (χ3v) is 5.26. The summed E-state index contributed by atoms with van der Waals surface area (Å²) in [5, 5.41) is 18.5. The van der Waals surface area contributed by atoms with Gasteiger partial charge in [0.05, 0.1) is 19.2 Å². The lowest BCUT2D eigenvalue weighted by Crippen LogP contribution is -2.43. The van der Waals surface area contributed by atoms with Crippen molar-refractivity contribution in [2.24, 2.45) is 0 Å². The molecule has 0 radical (unpaired) electrons. The molecule has 1 saturated carbocycles. The van der Waals surface area contributed by atoms with Gasteiger partial charge in [0.2, 0.25) is 17.7 Å². The van der Waals surface area contributed by atoms with Gasteiger partial charge < -0.3 is 14.4 Å². The van der Waals surface area contributed by atoms with Crippen LogP contribution >= 0.6 is 0 Å². The molecule has 1 atom stereocenters. The molecular weight excluding hydrogens is 322 g/mol. The molecule has 1 N–H and O–H groups in total. The van der Waals surface area contributed by atoms with Gasteiger partial charge >= 0.3 is 0 Å². The summed E-state index contributed by atoms with van der Waals surface area (Å²) in [5.41, 5.74) is 0. The van der Waals surface area contributed by atoms with Crippen LogP contribution in [0.3, 0.4) is 0 Å². The van der Waals surface area contributed by atoms with Gasteiger partial charge in [-0.1, -0.05) is 0 Å². The second kappa shape index (κ2) is 7.39. The fourth-order valence-electron chi connectivity index (χ4n) is 3.67. The van der Waals surface area contributed by atoms with Crippen LogP contribution in [0.4, 0.5) is 0 Å². The molecule has 0 bridgehead atoms. The Bertz CT molecular complexity index is 597. The maximum atomic E-state index is 12.5. The predicted molar refractivity (Wildman–Crippen MR) is 89.8 cm³/mol. The summed E-state index contributed by atoms with van der Waals surface area (Å²) < 4.78 is 5.72. The van der Waals surface area contributed by atoms with Gasteiger partial charge in [-0.05, 0) is 38.8 Å². The molecule has 138 valence electrons. The van der Waals surface area contributed by atoms with Crippen LogP contribution in [0.1, 0.15) is 43.4 Å². The zero-order valence-electron chi connectivity index (χ0n) is 14.6. The fourth-order valence-corrected chi connectivity index (χ4v) is 3.67. The van der Waals surface area contributed by atoms with Gasteiger partial charge in [-0.3, -0.25) is 14.6 Å². The third-order valence-electron chi connectivity index (χ3n) is 5.26. The first kappa shape index (κ1) is 16.9. The SMILES string of the molecule is O=C(CN1CCCC1)N1CCN(Cc2nnc(C3CC3)o2)CC(O)C1. The summed E-state index contributed by atoms with van der Waals surface area (Å²) in [5.74, 6) is 1.92. The molecule has 2 aliphatic heterocycles. The van der Waals surface area contributed by atoms with Crippen molar-refractivity contribution >= 4 is 5.91 Å². The van der Waals surface area contributed by atoms with E-state index in [9.17, 15) is 9.90 Å². The number of β-amino-alcohol motifs (C(OH)–C–C–N with tert-alkyl or cyclic N) is 1. The van der Waals surface area contributed by atoms with Crippen LogP contribution in [0.25, 0.3) is 0 Å². The maximum Gasteiger partial charge on any atom is 0.236 e. The number of hydrogen-bond donors (Lipinski definition) is 1. The minimum atomic E-state index is -0.546. The van der Waals surface area contributed by atoms with Crippen LogP contribution in [-0.4, -0.2) is 87.8 Å². The number of carbonyl (C=O) groups is 1. The number of rotatable bonds is 5. The number of hydrogen-bond acceptors (Lipinski definition) is 7. The number of carbonyl (C=O) groups excluding carboxylic acids is 1. The van der Waals surface area contributed by atoms with Crippen LogP contribution in [0.15, 0.2) is 4.42 Å². The van der Waals surface area contributed by atoms with Gasteiger partial charge in [-0.25, -0.2) is 0 Å². The Labute approximate surface area is 147 Å². The van der Waals surface area contributed by atoms with Crippen LogP contribution < -0.4 is 0 Å². The Balaban J connectivity index is 1.30. The Hall–Kier alpha value is -1.51. The van der Waals surface area contributed by atoms with Gasteiger partial charge in [0.1, 0.15) is 0 Å². The molecule has 1 unspecified atom stereocenters. The topological polar surface area (TPSA) is 85.9 Å². The fraction of sp³-hybridized carbons (Fsp3) is 0.824. The largest absolute Gasteiger partial charge is 0.424 e. The highest BCUT2D eigenvalue weighted by atomic mass is 16.4. The Morgan fingerprint density at radius 3 is 2.64 bits per heavy atom. The average molecular weight is 349 g/mol. The van der Waals surface area contributed by atoms with E-state index in [1.807, 2.05) is 0 Å². The van der Waals surface area contributed by atoms with Gasteiger partial charge in [-0.2, -0.15) is 0 Å². The standard InChI is InChI=1S/C17H27N5O3/c23-14-9-21(11-15-18-19-17(25-15)13-3-4-13)7-8-22(10-14)16(24)12-20-5-1-2-6-20/h13-14,23H,1-12H2. The Morgan fingerprint density at radius 1 is 1.08 bits per heavy atom. The normalized spacial score (nSPS) is 26.1. The highest BCUT2D eigenvalue weighted by molar-refractivity contribution is 5.78. The number of amides is 1. The minimum Gasteiger partial charge on any atom is -0.424 e. The molecule has 8 heteroatoms. The first-order chi connectivity index (χ1) is 12.2. The quantitative estimate of drug-likeness (QED) is 0.804. The highest BCUT2D eigenvalue weighted by Crippen LogP contribution is 2.39. The van der Waals surface area contributed by atoms with E-state index in [1.54, 1.807) is 4.90 Å². The molecule has 0 spiro atoms. The van der Waals surface area contributed by atoms with Crippen LogP contribution in [0.2, 0.25) is 0 Å². The molecule has 1 amide bonds. The first-order valence-electron chi connectivity index (χ1n) is 9.40. The van der Waals surface area contributed by atoms with Crippen molar-refractivity contribution in [1.82, 2.24) is 24.9 Å². The molecule has 0 aromatic carbocycles. The molecule has 3 fully saturated rings. The van der Waals surface area contributed by atoms with Crippen LogP contribution in [-0.2, 0) is 11.3 Å². The highest BCUT2D eigenvalue weighted by Gasteiger charge is 2.30. The summed E-state index contributed by atoms with van der Waals surface area (Å²) in [6.45, 7) is 5.29. The monoisotopic (exact) mass is 349 g/mol. The number of aliphatic hydroxyl groups excluding tert-OH is 1.